The molecule has 2 unspecified atom stereocenters. The molecule has 1 nitrogen and oxygen atoms in total. The van der Waals surface area contributed by atoms with E-state index in [1.807, 2.05) is 18.2 Å². The van der Waals surface area contributed by atoms with Gasteiger partial charge in [0.2, 0.25) is 0 Å². The number of rotatable bonds is 5. The van der Waals surface area contributed by atoms with Gasteiger partial charge in [0.05, 0.1) is 0 Å². The summed E-state index contributed by atoms with van der Waals surface area (Å²) in [5.41, 5.74) is 7.55. The molecule has 0 saturated carbocycles. The first kappa shape index (κ1) is 15.9. The molecule has 0 aliphatic carbocycles. The number of hydrogen-bond donors (Lipinski definition) is 1. The van der Waals surface area contributed by atoms with Crippen LogP contribution in [0.4, 0.5) is 0 Å². The number of benzene rings is 2. The highest BCUT2D eigenvalue weighted by Gasteiger charge is 2.20. The average molecular weight is 371 g/mol. The van der Waals surface area contributed by atoms with E-state index in [4.69, 9.17) is 17.3 Å². The van der Waals surface area contributed by atoms with Crippen LogP contribution < -0.4 is 5.73 Å². The van der Waals surface area contributed by atoms with Gasteiger partial charge in [-0.2, -0.15) is 0 Å². The second kappa shape index (κ2) is 7.51. The summed E-state index contributed by atoms with van der Waals surface area (Å²) in [6, 6.07) is 16.4. The molecule has 0 bridgehead atoms. The van der Waals surface area contributed by atoms with Crippen molar-refractivity contribution in [3.8, 4) is 0 Å². The van der Waals surface area contributed by atoms with E-state index in [-0.39, 0.29) is 11.3 Å². The Hall–Kier alpha value is -0.480. The topological polar surface area (TPSA) is 26.0 Å². The zero-order valence-corrected chi connectivity index (χ0v) is 14.4. The van der Waals surface area contributed by atoms with Gasteiger partial charge in [-0.3, -0.25) is 0 Å². The van der Waals surface area contributed by atoms with Gasteiger partial charge in [-0.1, -0.05) is 52.7 Å². The zero-order valence-electron chi connectivity index (χ0n) is 11.2. The molecule has 0 saturated heterocycles. The molecule has 2 aromatic rings. The summed E-state index contributed by atoms with van der Waals surface area (Å²) in [5.74, 6) is 0. The Morgan fingerprint density at radius 3 is 2.50 bits per heavy atom. The van der Waals surface area contributed by atoms with Crippen LogP contribution in [-0.4, -0.2) is 6.04 Å². The second-order valence-electron chi connectivity index (χ2n) is 4.62. The lowest BCUT2D eigenvalue weighted by atomic mass is 10.0. The Morgan fingerprint density at radius 1 is 1.20 bits per heavy atom. The van der Waals surface area contributed by atoms with Crippen molar-refractivity contribution >= 4 is 39.3 Å². The molecule has 0 fully saturated rings. The van der Waals surface area contributed by atoms with Crippen LogP contribution in [0.25, 0.3) is 0 Å². The van der Waals surface area contributed by atoms with Crippen LogP contribution in [0.3, 0.4) is 0 Å². The van der Waals surface area contributed by atoms with Crippen LogP contribution in [-0.2, 0) is 0 Å². The lowest BCUT2D eigenvalue weighted by Crippen LogP contribution is -2.25. The summed E-state index contributed by atoms with van der Waals surface area (Å²) in [7, 11) is 0. The molecule has 2 N–H and O–H groups in total. The summed E-state index contributed by atoms with van der Waals surface area (Å²) < 4.78 is 1.08. The molecule has 2 rings (SSSR count). The molecule has 0 aromatic heterocycles. The summed E-state index contributed by atoms with van der Waals surface area (Å²) >= 11 is 11.3. The maximum Gasteiger partial charge on any atom is 0.0495 e. The Balaban J connectivity index is 2.26. The first-order valence-electron chi connectivity index (χ1n) is 6.53. The largest absolute Gasteiger partial charge is 0.326 e. The molecule has 20 heavy (non-hydrogen) atoms. The Kier molecular flexibility index (Phi) is 5.97. The van der Waals surface area contributed by atoms with Gasteiger partial charge in [-0.15, -0.1) is 11.8 Å². The third-order valence-electron chi connectivity index (χ3n) is 3.12. The second-order valence-corrected chi connectivity index (χ2v) is 7.19. The predicted octanol–water partition coefficient (Wildman–Crippen LogP) is 5.67. The highest BCUT2D eigenvalue weighted by atomic mass is 79.9. The SMILES string of the molecule is CCC(N)C(Sc1cccc(Cl)c1)c1ccc(Br)cc1. The molecule has 0 aliphatic heterocycles. The van der Waals surface area contributed by atoms with Gasteiger partial charge in [0.15, 0.2) is 0 Å². The summed E-state index contributed by atoms with van der Waals surface area (Å²) in [4.78, 5) is 1.15. The maximum absolute atomic E-state index is 6.31. The molecule has 0 amide bonds. The minimum atomic E-state index is 0.111. The molecule has 0 radical (unpaired) electrons. The quantitative estimate of drug-likeness (QED) is 0.686. The van der Waals surface area contributed by atoms with E-state index < -0.39 is 0 Å². The van der Waals surface area contributed by atoms with Crippen molar-refractivity contribution in [2.24, 2.45) is 5.73 Å². The predicted molar refractivity (Wildman–Crippen MR) is 92.5 cm³/mol. The number of hydrogen-bond acceptors (Lipinski definition) is 2. The fourth-order valence-corrected chi connectivity index (χ4v) is 3.78. The van der Waals surface area contributed by atoms with Crippen molar-refractivity contribution in [2.75, 3.05) is 0 Å². The lowest BCUT2D eigenvalue weighted by Gasteiger charge is -2.23. The number of thioether (sulfide) groups is 1. The molecular formula is C16H17BrClNS. The van der Waals surface area contributed by atoms with E-state index in [0.717, 1.165) is 20.8 Å². The van der Waals surface area contributed by atoms with E-state index >= 15 is 0 Å². The zero-order chi connectivity index (χ0) is 14.5. The van der Waals surface area contributed by atoms with Crippen molar-refractivity contribution < 1.29 is 0 Å². The van der Waals surface area contributed by atoms with Crippen LogP contribution in [0.15, 0.2) is 57.9 Å². The number of halogens is 2. The van der Waals surface area contributed by atoms with Crippen molar-refractivity contribution in [2.45, 2.75) is 29.5 Å². The Bertz CT molecular complexity index is 559. The van der Waals surface area contributed by atoms with Gasteiger partial charge in [0.25, 0.3) is 0 Å². The summed E-state index contributed by atoms with van der Waals surface area (Å²) in [6.07, 6.45) is 0.939. The van der Waals surface area contributed by atoms with Crippen LogP contribution in [0.2, 0.25) is 5.02 Å². The molecule has 2 atom stereocenters. The van der Waals surface area contributed by atoms with E-state index in [1.54, 1.807) is 11.8 Å². The molecule has 4 heteroatoms. The molecule has 2 aromatic carbocycles. The average Bonchev–Trinajstić information content (AvgIpc) is 2.45. The van der Waals surface area contributed by atoms with Crippen LogP contribution in [0.1, 0.15) is 24.2 Å². The molecule has 0 spiro atoms. The van der Waals surface area contributed by atoms with Gasteiger partial charge < -0.3 is 5.73 Å². The first-order valence-corrected chi connectivity index (χ1v) is 8.58. The highest BCUT2D eigenvalue weighted by molar-refractivity contribution is 9.10. The van der Waals surface area contributed by atoms with Crippen LogP contribution >= 0.6 is 39.3 Å². The monoisotopic (exact) mass is 369 g/mol. The minimum absolute atomic E-state index is 0.111. The van der Waals surface area contributed by atoms with Gasteiger partial charge in [-0.25, -0.2) is 0 Å². The van der Waals surface area contributed by atoms with Gasteiger partial charge in [0.1, 0.15) is 0 Å². The Labute approximate surface area is 138 Å². The molecule has 106 valence electrons. The molecule has 0 heterocycles. The third-order valence-corrected chi connectivity index (χ3v) is 5.28. The lowest BCUT2D eigenvalue weighted by molar-refractivity contribution is 0.634. The Morgan fingerprint density at radius 2 is 1.90 bits per heavy atom. The summed E-state index contributed by atoms with van der Waals surface area (Å²) in [5, 5.41) is 0.987. The van der Waals surface area contributed by atoms with Crippen molar-refractivity contribution in [3.05, 3.63) is 63.6 Å². The van der Waals surface area contributed by atoms with Gasteiger partial charge in [-0.05, 0) is 42.3 Å². The van der Waals surface area contributed by atoms with E-state index in [2.05, 4.69) is 53.2 Å². The van der Waals surface area contributed by atoms with Gasteiger partial charge in [0, 0.05) is 25.7 Å². The smallest absolute Gasteiger partial charge is 0.0495 e. The normalized spacial score (nSPS) is 14.0. The number of nitrogens with two attached hydrogens (primary N) is 1. The fraction of sp³-hybridized carbons (Fsp3) is 0.250. The maximum atomic E-state index is 6.31. The standard InChI is InChI=1S/C16H17BrClNS/c1-2-15(19)16(11-6-8-12(17)9-7-11)20-14-5-3-4-13(18)10-14/h3-10,15-16H,2,19H2,1H3. The highest BCUT2D eigenvalue weighted by Crippen LogP contribution is 2.39. The molecular weight excluding hydrogens is 354 g/mol. The fourth-order valence-electron chi connectivity index (χ4n) is 1.96. The van der Waals surface area contributed by atoms with E-state index in [0.29, 0.717) is 0 Å². The third kappa shape index (κ3) is 4.26. The summed E-state index contributed by atoms with van der Waals surface area (Å²) in [6.45, 7) is 2.12. The van der Waals surface area contributed by atoms with E-state index in [1.165, 1.54) is 5.56 Å². The van der Waals surface area contributed by atoms with Gasteiger partial charge >= 0.3 is 0 Å². The van der Waals surface area contributed by atoms with Crippen LogP contribution in [0, 0.1) is 0 Å². The molecule has 0 aliphatic rings. The van der Waals surface area contributed by atoms with Crippen LogP contribution in [0.5, 0.6) is 0 Å². The van der Waals surface area contributed by atoms with Crippen molar-refractivity contribution in [1.82, 2.24) is 0 Å². The van der Waals surface area contributed by atoms with Crippen molar-refractivity contribution in [1.29, 1.82) is 0 Å². The van der Waals surface area contributed by atoms with Crippen molar-refractivity contribution in [3.63, 3.8) is 0 Å². The van der Waals surface area contributed by atoms with E-state index in [9.17, 15) is 0 Å². The minimum Gasteiger partial charge on any atom is -0.326 e. The first-order chi connectivity index (χ1) is 9.60.